The predicted octanol–water partition coefficient (Wildman–Crippen LogP) is 3.20. The zero-order valence-electron chi connectivity index (χ0n) is 11.6. The normalized spacial score (nSPS) is 11.3. The Labute approximate surface area is 126 Å². The van der Waals surface area contributed by atoms with Crippen LogP contribution in [0.3, 0.4) is 0 Å². The summed E-state index contributed by atoms with van der Waals surface area (Å²) in [6, 6.07) is 11.6. The van der Waals surface area contributed by atoms with E-state index in [4.69, 9.17) is 4.74 Å². The Morgan fingerprint density at radius 2 is 1.68 bits per heavy atom. The van der Waals surface area contributed by atoms with Crippen LogP contribution < -0.4 is 0 Å². The topological polar surface area (TPSA) is 46.5 Å². The number of aliphatic hydroxyl groups is 1. The second-order valence-corrected chi connectivity index (χ2v) is 4.51. The van der Waals surface area contributed by atoms with Crippen molar-refractivity contribution in [2.24, 2.45) is 0 Å². The van der Waals surface area contributed by atoms with Gasteiger partial charge in [-0.25, -0.2) is 13.6 Å². The fourth-order valence-electron chi connectivity index (χ4n) is 1.90. The second-order valence-electron chi connectivity index (χ2n) is 4.51. The zero-order valence-corrected chi connectivity index (χ0v) is 11.6. The molecule has 0 aliphatic rings. The number of rotatable bonds is 5. The van der Waals surface area contributed by atoms with E-state index in [0.717, 1.165) is 17.7 Å². The Hall–Kier alpha value is -2.53. The standard InChI is InChI=1S/C17H14F2O3/c18-15-8-14(9-16(19)10-15)17(21)22-7-6-13(11-20)12-4-2-1-3-5-12/h1-6,8-10,20H,7,11H2. The molecule has 5 heteroatoms. The molecular weight excluding hydrogens is 290 g/mol. The number of esters is 1. The Balaban J connectivity index is 2.02. The van der Waals surface area contributed by atoms with Crippen molar-refractivity contribution in [2.75, 3.05) is 13.2 Å². The minimum absolute atomic E-state index is 0.109. The van der Waals surface area contributed by atoms with E-state index in [1.165, 1.54) is 0 Å². The highest BCUT2D eigenvalue weighted by atomic mass is 19.1. The number of benzene rings is 2. The summed E-state index contributed by atoms with van der Waals surface area (Å²) >= 11 is 0. The number of ether oxygens (including phenoxy) is 1. The van der Waals surface area contributed by atoms with Gasteiger partial charge in [-0.3, -0.25) is 0 Å². The van der Waals surface area contributed by atoms with Crippen molar-refractivity contribution < 1.29 is 23.4 Å². The number of hydrogen-bond acceptors (Lipinski definition) is 3. The molecule has 3 nitrogen and oxygen atoms in total. The third kappa shape index (κ3) is 4.23. The number of carbonyl (C=O) groups is 1. The lowest BCUT2D eigenvalue weighted by Crippen LogP contribution is -2.07. The lowest BCUT2D eigenvalue weighted by molar-refractivity contribution is 0.0548. The maximum Gasteiger partial charge on any atom is 0.338 e. The van der Waals surface area contributed by atoms with Crippen LogP contribution in [0, 0.1) is 11.6 Å². The van der Waals surface area contributed by atoms with Gasteiger partial charge in [0.1, 0.15) is 18.2 Å². The van der Waals surface area contributed by atoms with Crippen molar-refractivity contribution in [3.05, 3.63) is 77.4 Å². The minimum Gasteiger partial charge on any atom is -0.458 e. The molecular formula is C17H14F2O3. The predicted molar refractivity (Wildman–Crippen MR) is 78.1 cm³/mol. The van der Waals surface area contributed by atoms with Crippen LogP contribution in [-0.2, 0) is 4.74 Å². The Bertz CT molecular complexity index is 661. The minimum atomic E-state index is -0.845. The molecule has 0 atom stereocenters. The molecule has 0 unspecified atom stereocenters. The fraction of sp³-hybridized carbons (Fsp3) is 0.118. The van der Waals surface area contributed by atoms with Crippen molar-refractivity contribution in [1.29, 1.82) is 0 Å². The van der Waals surface area contributed by atoms with E-state index >= 15 is 0 Å². The van der Waals surface area contributed by atoms with Gasteiger partial charge in [-0.2, -0.15) is 0 Å². The van der Waals surface area contributed by atoms with E-state index < -0.39 is 17.6 Å². The third-order valence-electron chi connectivity index (χ3n) is 2.96. The van der Waals surface area contributed by atoms with Gasteiger partial charge in [-0.15, -0.1) is 0 Å². The quantitative estimate of drug-likeness (QED) is 0.863. The molecule has 0 aliphatic heterocycles. The molecule has 0 aromatic heterocycles. The first-order chi connectivity index (χ1) is 10.6. The van der Waals surface area contributed by atoms with E-state index in [2.05, 4.69) is 0 Å². The maximum atomic E-state index is 13.0. The lowest BCUT2D eigenvalue weighted by atomic mass is 10.1. The second kappa shape index (κ2) is 7.47. The molecule has 1 N–H and O–H groups in total. The molecule has 114 valence electrons. The summed E-state index contributed by atoms with van der Waals surface area (Å²) in [6.45, 7) is -0.322. The summed E-state index contributed by atoms with van der Waals surface area (Å²) < 4.78 is 31.0. The van der Waals surface area contributed by atoms with Crippen LogP contribution in [0.2, 0.25) is 0 Å². The monoisotopic (exact) mass is 304 g/mol. The Morgan fingerprint density at radius 1 is 1.05 bits per heavy atom. The highest BCUT2D eigenvalue weighted by Crippen LogP contribution is 2.13. The molecule has 0 aliphatic carbocycles. The first-order valence-electron chi connectivity index (χ1n) is 6.58. The molecule has 0 radical (unpaired) electrons. The largest absolute Gasteiger partial charge is 0.458 e. The molecule has 2 rings (SSSR count). The Kier molecular flexibility index (Phi) is 5.38. The van der Waals surface area contributed by atoms with E-state index in [0.29, 0.717) is 11.6 Å². The van der Waals surface area contributed by atoms with Gasteiger partial charge in [0.2, 0.25) is 0 Å². The Morgan fingerprint density at radius 3 is 2.27 bits per heavy atom. The van der Waals surface area contributed by atoms with Gasteiger partial charge in [0.25, 0.3) is 0 Å². The maximum absolute atomic E-state index is 13.0. The average Bonchev–Trinajstić information content (AvgIpc) is 2.51. The molecule has 0 amide bonds. The highest BCUT2D eigenvalue weighted by Gasteiger charge is 2.10. The van der Waals surface area contributed by atoms with Gasteiger partial charge in [0.05, 0.1) is 12.2 Å². The molecule has 0 heterocycles. The average molecular weight is 304 g/mol. The first kappa shape index (κ1) is 15.9. The summed E-state index contributed by atoms with van der Waals surface area (Å²) in [7, 11) is 0. The van der Waals surface area contributed by atoms with Gasteiger partial charge >= 0.3 is 5.97 Å². The van der Waals surface area contributed by atoms with Crippen LogP contribution in [0.1, 0.15) is 15.9 Å². The first-order valence-corrected chi connectivity index (χ1v) is 6.58. The van der Waals surface area contributed by atoms with Crippen molar-refractivity contribution in [3.8, 4) is 0 Å². The summed E-state index contributed by atoms with van der Waals surface area (Å²) in [5.41, 5.74) is 1.20. The number of halogens is 2. The molecule has 22 heavy (non-hydrogen) atoms. The molecule has 0 spiro atoms. The summed E-state index contributed by atoms with van der Waals surface area (Å²) in [6.07, 6.45) is 1.54. The van der Waals surface area contributed by atoms with Crippen molar-refractivity contribution in [2.45, 2.75) is 0 Å². The molecule has 2 aromatic rings. The van der Waals surface area contributed by atoms with Crippen molar-refractivity contribution >= 4 is 11.5 Å². The van der Waals surface area contributed by atoms with Crippen molar-refractivity contribution in [1.82, 2.24) is 0 Å². The van der Waals surface area contributed by atoms with Crippen molar-refractivity contribution in [3.63, 3.8) is 0 Å². The van der Waals surface area contributed by atoms with E-state index in [1.807, 2.05) is 30.3 Å². The molecule has 0 saturated heterocycles. The van der Waals surface area contributed by atoms with Crippen LogP contribution in [0.25, 0.3) is 5.57 Å². The molecule has 0 fully saturated rings. The number of hydrogen-bond donors (Lipinski definition) is 1. The van der Waals surface area contributed by atoms with Crippen LogP contribution >= 0.6 is 0 Å². The molecule has 2 aromatic carbocycles. The zero-order chi connectivity index (χ0) is 15.9. The summed E-state index contributed by atoms with van der Waals surface area (Å²) in [5.74, 6) is -2.52. The number of carbonyl (C=O) groups excluding carboxylic acids is 1. The third-order valence-corrected chi connectivity index (χ3v) is 2.96. The fourth-order valence-corrected chi connectivity index (χ4v) is 1.90. The number of aliphatic hydroxyl groups excluding tert-OH is 1. The van der Waals surface area contributed by atoms with E-state index in [1.54, 1.807) is 6.08 Å². The van der Waals surface area contributed by atoms with E-state index in [-0.39, 0.29) is 18.8 Å². The smallest absolute Gasteiger partial charge is 0.338 e. The summed E-state index contributed by atoms with van der Waals surface area (Å²) in [5, 5.41) is 9.33. The SMILES string of the molecule is O=C(OCC=C(CO)c1ccccc1)c1cc(F)cc(F)c1. The van der Waals surface area contributed by atoms with Crippen LogP contribution in [0.15, 0.2) is 54.6 Å². The van der Waals surface area contributed by atoms with Gasteiger partial charge in [-0.05, 0) is 29.3 Å². The molecule has 0 saturated carbocycles. The van der Waals surface area contributed by atoms with Crippen LogP contribution in [-0.4, -0.2) is 24.3 Å². The van der Waals surface area contributed by atoms with Gasteiger partial charge < -0.3 is 9.84 Å². The molecule has 0 bridgehead atoms. The van der Waals surface area contributed by atoms with E-state index in [9.17, 15) is 18.7 Å². The van der Waals surface area contributed by atoms with Crippen LogP contribution in [0.4, 0.5) is 8.78 Å². The van der Waals surface area contributed by atoms with Gasteiger partial charge in [0.15, 0.2) is 0 Å². The summed E-state index contributed by atoms with van der Waals surface area (Å²) in [4.78, 5) is 11.7. The van der Waals surface area contributed by atoms with Gasteiger partial charge in [0, 0.05) is 6.07 Å². The van der Waals surface area contributed by atoms with Crippen LogP contribution in [0.5, 0.6) is 0 Å². The van der Waals surface area contributed by atoms with Gasteiger partial charge in [-0.1, -0.05) is 30.3 Å². The lowest BCUT2D eigenvalue weighted by Gasteiger charge is -2.06. The highest BCUT2D eigenvalue weighted by molar-refractivity contribution is 5.89.